The third kappa shape index (κ3) is 1.82. The van der Waals surface area contributed by atoms with Crippen molar-refractivity contribution < 1.29 is 9.94 Å². The lowest BCUT2D eigenvalue weighted by Crippen LogP contribution is -1.99. The molecular formula is C6H6ClN3O2. The molecule has 12 heavy (non-hydrogen) atoms. The maximum Gasteiger partial charge on any atom is 0.212 e. The molecule has 0 spiro atoms. The van der Waals surface area contributed by atoms with E-state index in [9.17, 15) is 0 Å². The molecule has 0 bridgehead atoms. The average Bonchev–Trinajstić information content (AvgIpc) is 2.17. The van der Waals surface area contributed by atoms with Crippen LogP contribution in [0.15, 0.2) is 17.5 Å². The van der Waals surface area contributed by atoms with E-state index in [1.807, 2.05) is 0 Å². The van der Waals surface area contributed by atoms with Gasteiger partial charge < -0.3 is 9.94 Å². The zero-order chi connectivity index (χ0) is 8.97. The molecule has 1 aromatic rings. The Kier molecular flexibility index (Phi) is 2.82. The predicted octanol–water partition coefficient (Wildman–Crippen LogP) is 0.860. The lowest BCUT2D eigenvalue weighted by atomic mass is 10.5. The quantitative estimate of drug-likeness (QED) is 0.424. The van der Waals surface area contributed by atoms with Crippen molar-refractivity contribution in [3.63, 3.8) is 0 Å². The number of nitrogens with zero attached hydrogens (tertiary/aromatic N) is 3. The Balaban J connectivity index is 2.92. The third-order valence-corrected chi connectivity index (χ3v) is 1.38. The molecule has 5 nitrogen and oxygen atoms in total. The Labute approximate surface area is 73.7 Å². The standard InChI is InChI=1S/C6H6ClN3O2/c1-12-4-2-8-6(9-3-4)5(7)10-11/h2-3,11H,1H3/b10-5+. The largest absolute Gasteiger partial charge is 0.494 e. The van der Waals surface area contributed by atoms with Gasteiger partial charge in [0.05, 0.1) is 19.5 Å². The van der Waals surface area contributed by atoms with Crippen LogP contribution in [0.4, 0.5) is 0 Å². The van der Waals surface area contributed by atoms with Gasteiger partial charge in [0.2, 0.25) is 5.17 Å². The van der Waals surface area contributed by atoms with Crippen molar-refractivity contribution in [1.82, 2.24) is 9.97 Å². The number of aromatic nitrogens is 2. The van der Waals surface area contributed by atoms with Gasteiger partial charge in [-0.25, -0.2) is 9.97 Å². The fourth-order valence-corrected chi connectivity index (χ4v) is 0.670. The second-order valence-electron chi connectivity index (χ2n) is 1.84. The molecule has 1 heterocycles. The maximum absolute atomic E-state index is 8.26. The Morgan fingerprint density at radius 2 is 2.17 bits per heavy atom. The fourth-order valence-electron chi connectivity index (χ4n) is 0.573. The first kappa shape index (κ1) is 8.73. The van der Waals surface area contributed by atoms with Gasteiger partial charge in [-0.2, -0.15) is 0 Å². The summed E-state index contributed by atoms with van der Waals surface area (Å²) in [6.07, 6.45) is 2.85. The SMILES string of the molecule is COc1cnc(/C(Cl)=N\O)nc1. The Morgan fingerprint density at radius 3 is 2.58 bits per heavy atom. The minimum Gasteiger partial charge on any atom is -0.494 e. The number of hydrogen-bond acceptors (Lipinski definition) is 5. The Bertz CT molecular complexity index is 285. The number of oxime groups is 1. The smallest absolute Gasteiger partial charge is 0.212 e. The van der Waals surface area contributed by atoms with Crippen molar-refractivity contribution in [1.29, 1.82) is 0 Å². The monoisotopic (exact) mass is 187 g/mol. The summed E-state index contributed by atoms with van der Waals surface area (Å²) in [5.74, 6) is 0.668. The van der Waals surface area contributed by atoms with Crippen molar-refractivity contribution in [3.8, 4) is 5.75 Å². The molecule has 1 aromatic heterocycles. The predicted molar refractivity (Wildman–Crippen MR) is 42.8 cm³/mol. The van der Waals surface area contributed by atoms with E-state index in [1.54, 1.807) is 0 Å². The highest BCUT2D eigenvalue weighted by Crippen LogP contribution is 2.05. The van der Waals surface area contributed by atoms with Gasteiger partial charge in [-0.05, 0) is 0 Å². The molecule has 0 radical (unpaired) electrons. The molecule has 0 aromatic carbocycles. The van der Waals surface area contributed by atoms with E-state index < -0.39 is 0 Å². The Hall–Kier alpha value is -1.36. The van der Waals surface area contributed by atoms with Gasteiger partial charge in [0.25, 0.3) is 0 Å². The lowest BCUT2D eigenvalue weighted by Gasteiger charge is -1.97. The van der Waals surface area contributed by atoms with Gasteiger partial charge in [0, 0.05) is 0 Å². The van der Waals surface area contributed by atoms with Crippen LogP contribution < -0.4 is 4.74 Å². The first-order valence-electron chi connectivity index (χ1n) is 3.02. The lowest BCUT2D eigenvalue weighted by molar-refractivity contribution is 0.320. The molecule has 1 rings (SSSR count). The summed E-state index contributed by atoms with van der Waals surface area (Å²) in [6.45, 7) is 0. The van der Waals surface area contributed by atoms with Gasteiger partial charge in [-0.1, -0.05) is 16.8 Å². The van der Waals surface area contributed by atoms with E-state index in [-0.39, 0.29) is 11.0 Å². The molecule has 0 aliphatic carbocycles. The molecule has 64 valence electrons. The average molecular weight is 188 g/mol. The minimum absolute atomic E-state index is 0.153. The van der Waals surface area contributed by atoms with E-state index in [0.29, 0.717) is 5.75 Å². The van der Waals surface area contributed by atoms with E-state index in [1.165, 1.54) is 19.5 Å². The topological polar surface area (TPSA) is 67.6 Å². The highest BCUT2D eigenvalue weighted by Gasteiger charge is 2.03. The molecular weight excluding hydrogens is 182 g/mol. The van der Waals surface area contributed by atoms with Gasteiger partial charge in [0.15, 0.2) is 11.6 Å². The molecule has 6 heteroatoms. The zero-order valence-corrected chi connectivity index (χ0v) is 6.99. The number of rotatable bonds is 2. The molecule has 0 aliphatic rings. The molecule has 0 saturated heterocycles. The highest BCUT2D eigenvalue weighted by molar-refractivity contribution is 6.68. The number of ether oxygens (including phenoxy) is 1. The summed E-state index contributed by atoms with van der Waals surface area (Å²) < 4.78 is 4.81. The zero-order valence-electron chi connectivity index (χ0n) is 6.23. The molecule has 0 aliphatic heterocycles. The molecule has 0 fully saturated rings. The highest BCUT2D eigenvalue weighted by atomic mass is 35.5. The van der Waals surface area contributed by atoms with Crippen LogP contribution >= 0.6 is 11.6 Å². The first-order valence-corrected chi connectivity index (χ1v) is 3.39. The van der Waals surface area contributed by atoms with E-state index in [4.69, 9.17) is 21.5 Å². The van der Waals surface area contributed by atoms with Crippen molar-refractivity contribution >= 4 is 16.8 Å². The molecule has 0 amide bonds. The second kappa shape index (κ2) is 3.87. The van der Waals surface area contributed by atoms with Crippen LogP contribution in [0.2, 0.25) is 0 Å². The summed E-state index contributed by atoms with van der Waals surface area (Å²) >= 11 is 5.42. The van der Waals surface area contributed by atoms with Crippen LogP contribution in [0.25, 0.3) is 0 Å². The van der Waals surface area contributed by atoms with Crippen LogP contribution in [0.1, 0.15) is 5.82 Å². The van der Waals surface area contributed by atoms with E-state index in [0.717, 1.165) is 0 Å². The van der Waals surface area contributed by atoms with Crippen molar-refractivity contribution in [2.45, 2.75) is 0 Å². The second-order valence-corrected chi connectivity index (χ2v) is 2.20. The number of halogens is 1. The van der Waals surface area contributed by atoms with Crippen LogP contribution in [-0.4, -0.2) is 27.5 Å². The van der Waals surface area contributed by atoms with Crippen LogP contribution in [-0.2, 0) is 0 Å². The molecule has 0 saturated carbocycles. The van der Waals surface area contributed by atoms with Crippen LogP contribution in [0, 0.1) is 0 Å². The number of hydrogen-bond donors (Lipinski definition) is 1. The Morgan fingerprint density at radius 1 is 1.58 bits per heavy atom. The summed E-state index contributed by atoms with van der Waals surface area (Å²) in [7, 11) is 1.50. The van der Waals surface area contributed by atoms with Crippen molar-refractivity contribution in [3.05, 3.63) is 18.2 Å². The summed E-state index contributed by atoms with van der Waals surface area (Å²) in [5.41, 5.74) is 0. The minimum atomic E-state index is -0.155. The van der Waals surface area contributed by atoms with Crippen LogP contribution in [0.3, 0.4) is 0 Å². The summed E-state index contributed by atoms with van der Waals surface area (Å²) in [4.78, 5) is 7.52. The van der Waals surface area contributed by atoms with E-state index >= 15 is 0 Å². The summed E-state index contributed by atoms with van der Waals surface area (Å²) in [5, 5.41) is 10.8. The van der Waals surface area contributed by atoms with Crippen molar-refractivity contribution in [2.75, 3.05) is 7.11 Å². The summed E-state index contributed by atoms with van der Waals surface area (Å²) in [6, 6.07) is 0. The van der Waals surface area contributed by atoms with E-state index in [2.05, 4.69) is 15.1 Å². The number of methoxy groups -OCH3 is 1. The van der Waals surface area contributed by atoms with Gasteiger partial charge in [-0.3, -0.25) is 0 Å². The third-order valence-electron chi connectivity index (χ3n) is 1.14. The normalized spacial score (nSPS) is 11.3. The van der Waals surface area contributed by atoms with Gasteiger partial charge in [-0.15, -0.1) is 0 Å². The van der Waals surface area contributed by atoms with Gasteiger partial charge in [0.1, 0.15) is 0 Å². The maximum atomic E-state index is 8.26. The molecule has 0 atom stereocenters. The van der Waals surface area contributed by atoms with Crippen LogP contribution in [0.5, 0.6) is 5.75 Å². The fraction of sp³-hybridized carbons (Fsp3) is 0.167. The molecule has 1 N–H and O–H groups in total. The first-order chi connectivity index (χ1) is 5.77. The molecule has 0 unspecified atom stereocenters. The van der Waals surface area contributed by atoms with Crippen molar-refractivity contribution in [2.24, 2.45) is 5.16 Å². The van der Waals surface area contributed by atoms with Gasteiger partial charge >= 0.3 is 0 Å².